The van der Waals surface area contributed by atoms with E-state index < -0.39 is 17.6 Å². The van der Waals surface area contributed by atoms with Gasteiger partial charge in [-0.3, -0.25) is 9.78 Å². The Hall–Kier alpha value is -1.59. The second-order valence-corrected chi connectivity index (χ2v) is 2.60. The maximum Gasteiger partial charge on any atom is 0.419 e. The van der Waals surface area contributed by atoms with E-state index in [-0.39, 0.29) is 5.69 Å². The van der Waals surface area contributed by atoms with E-state index >= 15 is 0 Å². The summed E-state index contributed by atoms with van der Waals surface area (Å²) >= 11 is 0. The number of nitrogens with one attached hydrogen (secondary N) is 1. The van der Waals surface area contributed by atoms with E-state index in [1.165, 1.54) is 6.20 Å². The summed E-state index contributed by atoms with van der Waals surface area (Å²) < 4.78 is 36.9. The largest absolute Gasteiger partial charge is 0.419 e. The molecule has 0 aromatic carbocycles. The molecular weight excluding hydrogens is 197 g/mol. The summed E-state index contributed by atoms with van der Waals surface area (Å²) in [4.78, 5) is 13.9. The molecule has 0 spiro atoms. The van der Waals surface area contributed by atoms with Crippen LogP contribution < -0.4 is 5.32 Å². The fraction of sp³-hybridized carbons (Fsp3) is 0.250. The zero-order chi connectivity index (χ0) is 10.8. The SMILES string of the molecule is CC(=O)Nc1ccncc1C(F)(F)F. The van der Waals surface area contributed by atoms with Crippen LogP contribution in [0.3, 0.4) is 0 Å². The molecule has 0 aliphatic rings. The Morgan fingerprint density at radius 1 is 1.50 bits per heavy atom. The van der Waals surface area contributed by atoms with Crippen molar-refractivity contribution < 1.29 is 18.0 Å². The fourth-order valence-corrected chi connectivity index (χ4v) is 0.919. The van der Waals surface area contributed by atoms with Crippen molar-refractivity contribution in [2.75, 3.05) is 5.32 Å². The lowest BCUT2D eigenvalue weighted by atomic mass is 10.2. The van der Waals surface area contributed by atoms with Crippen molar-refractivity contribution in [1.29, 1.82) is 0 Å². The number of amides is 1. The molecule has 0 bridgehead atoms. The number of halogens is 3. The first-order chi connectivity index (χ1) is 6.41. The number of aromatic nitrogens is 1. The first-order valence-corrected chi connectivity index (χ1v) is 3.70. The summed E-state index contributed by atoms with van der Waals surface area (Å²) in [5, 5.41) is 2.08. The van der Waals surface area contributed by atoms with Crippen molar-refractivity contribution in [3.8, 4) is 0 Å². The molecule has 1 N–H and O–H groups in total. The Morgan fingerprint density at radius 2 is 2.14 bits per heavy atom. The molecule has 1 aromatic rings. The van der Waals surface area contributed by atoms with E-state index in [4.69, 9.17) is 0 Å². The molecule has 1 aromatic heterocycles. The van der Waals surface area contributed by atoms with Gasteiger partial charge in [-0.25, -0.2) is 0 Å². The minimum Gasteiger partial charge on any atom is -0.326 e. The molecule has 1 rings (SSSR count). The average Bonchev–Trinajstić information content (AvgIpc) is 2.01. The van der Waals surface area contributed by atoms with Gasteiger partial charge in [0.15, 0.2) is 0 Å². The topological polar surface area (TPSA) is 42.0 Å². The van der Waals surface area contributed by atoms with Crippen molar-refractivity contribution in [1.82, 2.24) is 4.98 Å². The molecule has 0 saturated carbocycles. The second-order valence-electron chi connectivity index (χ2n) is 2.60. The molecule has 0 unspecified atom stereocenters. The summed E-state index contributed by atoms with van der Waals surface area (Å²) in [5.74, 6) is -0.554. The Morgan fingerprint density at radius 3 is 2.64 bits per heavy atom. The lowest BCUT2D eigenvalue weighted by Crippen LogP contribution is -2.14. The smallest absolute Gasteiger partial charge is 0.326 e. The van der Waals surface area contributed by atoms with Crippen LogP contribution in [0.2, 0.25) is 0 Å². The Labute approximate surface area is 78.0 Å². The van der Waals surface area contributed by atoms with Gasteiger partial charge in [0.2, 0.25) is 5.91 Å². The van der Waals surface area contributed by atoms with Crippen LogP contribution in [0, 0.1) is 0 Å². The first-order valence-electron chi connectivity index (χ1n) is 3.70. The fourth-order valence-electron chi connectivity index (χ4n) is 0.919. The zero-order valence-corrected chi connectivity index (χ0v) is 7.22. The molecule has 14 heavy (non-hydrogen) atoms. The van der Waals surface area contributed by atoms with E-state index in [0.717, 1.165) is 13.0 Å². The third-order valence-corrected chi connectivity index (χ3v) is 1.44. The normalized spacial score (nSPS) is 11.1. The first kappa shape index (κ1) is 10.5. The average molecular weight is 204 g/mol. The number of hydrogen-bond acceptors (Lipinski definition) is 2. The Balaban J connectivity index is 3.10. The molecule has 0 saturated heterocycles. The van der Waals surface area contributed by atoms with E-state index in [0.29, 0.717) is 6.20 Å². The minimum atomic E-state index is -4.51. The molecule has 76 valence electrons. The third-order valence-electron chi connectivity index (χ3n) is 1.44. The quantitative estimate of drug-likeness (QED) is 0.760. The number of hydrogen-bond donors (Lipinski definition) is 1. The van der Waals surface area contributed by atoms with Crippen LogP contribution in [0.4, 0.5) is 18.9 Å². The van der Waals surface area contributed by atoms with Gasteiger partial charge in [0.25, 0.3) is 0 Å². The molecular formula is C8H7F3N2O. The standard InChI is InChI=1S/C8H7F3N2O/c1-5(14)13-7-2-3-12-4-6(7)8(9,10)11/h2-4H,1H3,(H,12,13,14). The van der Waals surface area contributed by atoms with Crippen LogP contribution in [0.1, 0.15) is 12.5 Å². The van der Waals surface area contributed by atoms with Crippen molar-refractivity contribution in [2.24, 2.45) is 0 Å². The highest BCUT2D eigenvalue weighted by molar-refractivity contribution is 5.89. The zero-order valence-electron chi connectivity index (χ0n) is 7.22. The molecule has 0 aliphatic heterocycles. The lowest BCUT2D eigenvalue weighted by molar-refractivity contribution is -0.137. The number of pyridine rings is 1. The molecule has 3 nitrogen and oxygen atoms in total. The van der Waals surface area contributed by atoms with Crippen molar-refractivity contribution in [2.45, 2.75) is 13.1 Å². The van der Waals surface area contributed by atoms with Crippen LogP contribution in [0.25, 0.3) is 0 Å². The van der Waals surface area contributed by atoms with Crippen molar-refractivity contribution >= 4 is 11.6 Å². The van der Waals surface area contributed by atoms with Crippen LogP contribution in [0.5, 0.6) is 0 Å². The van der Waals surface area contributed by atoms with Gasteiger partial charge in [0.05, 0.1) is 11.3 Å². The monoisotopic (exact) mass is 204 g/mol. The predicted octanol–water partition coefficient (Wildman–Crippen LogP) is 2.06. The number of nitrogens with zero attached hydrogens (tertiary/aromatic N) is 1. The third kappa shape index (κ3) is 2.45. The summed E-state index contributed by atoms with van der Waals surface area (Å²) in [6.45, 7) is 1.14. The predicted molar refractivity (Wildman–Crippen MR) is 43.5 cm³/mol. The maximum atomic E-state index is 12.3. The van der Waals surface area contributed by atoms with Gasteiger partial charge in [-0.15, -0.1) is 0 Å². The summed E-state index contributed by atoms with van der Waals surface area (Å²) in [6.07, 6.45) is -2.65. The van der Waals surface area contributed by atoms with Crippen molar-refractivity contribution in [3.05, 3.63) is 24.0 Å². The second kappa shape index (κ2) is 3.65. The van der Waals surface area contributed by atoms with Gasteiger partial charge in [-0.05, 0) is 6.07 Å². The number of rotatable bonds is 1. The summed E-state index contributed by atoms with van der Waals surface area (Å²) in [6, 6.07) is 1.10. The van der Waals surface area contributed by atoms with E-state index in [1.54, 1.807) is 0 Å². The highest BCUT2D eigenvalue weighted by Crippen LogP contribution is 2.33. The van der Waals surface area contributed by atoms with Gasteiger partial charge < -0.3 is 5.32 Å². The Kier molecular flexibility index (Phi) is 2.73. The van der Waals surface area contributed by atoms with E-state index in [9.17, 15) is 18.0 Å². The van der Waals surface area contributed by atoms with E-state index in [2.05, 4.69) is 10.3 Å². The molecule has 0 aliphatic carbocycles. The molecule has 6 heteroatoms. The van der Waals surface area contributed by atoms with Crippen LogP contribution in [-0.2, 0) is 11.0 Å². The van der Waals surface area contributed by atoms with Crippen LogP contribution >= 0.6 is 0 Å². The summed E-state index contributed by atoms with van der Waals surface area (Å²) in [5.41, 5.74) is -1.23. The molecule has 1 amide bonds. The van der Waals surface area contributed by atoms with Crippen LogP contribution in [-0.4, -0.2) is 10.9 Å². The lowest BCUT2D eigenvalue weighted by Gasteiger charge is -2.11. The number of carbonyl (C=O) groups is 1. The molecule has 1 heterocycles. The Bertz CT molecular complexity index is 349. The highest BCUT2D eigenvalue weighted by Gasteiger charge is 2.33. The van der Waals surface area contributed by atoms with Gasteiger partial charge in [-0.1, -0.05) is 0 Å². The number of carbonyl (C=O) groups excluding carboxylic acids is 1. The van der Waals surface area contributed by atoms with E-state index in [1.807, 2.05) is 0 Å². The minimum absolute atomic E-state index is 0.278. The molecule has 0 atom stereocenters. The molecule has 0 radical (unpaired) electrons. The highest BCUT2D eigenvalue weighted by atomic mass is 19.4. The summed E-state index contributed by atoms with van der Waals surface area (Å²) in [7, 11) is 0. The van der Waals surface area contributed by atoms with Crippen molar-refractivity contribution in [3.63, 3.8) is 0 Å². The number of anilines is 1. The maximum absolute atomic E-state index is 12.3. The van der Waals surface area contributed by atoms with Crippen LogP contribution in [0.15, 0.2) is 18.5 Å². The molecule has 0 fully saturated rings. The van der Waals surface area contributed by atoms with Gasteiger partial charge in [-0.2, -0.15) is 13.2 Å². The van der Waals surface area contributed by atoms with Gasteiger partial charge in [0.1, 0.15) is 0 Å². The number of alkyl halides is 3. The van der Waals surface area contributed by atoms with Gasteiger partial charge in [0, 0.05) is 19.3 Å². The van der Waals surface area contributed by atoms with Gasteiger partial charge >= 0.3 is 6.18 Å².